The van der Waals surface area contributed by atoms with Crippen LogP contribution in [0.3, 0.4) is 0 Å². The monoisotopic (exact) mass is 362 g/mol. The Morgan fingerprint density at radius 1 is 1.16 bits per heavy atom. The number of fused-ring (bicyclic) bond motifs is 1. The van der Waals surface area contributed by atoms with E-state index in [-0.39, 0.29) is 6.04 Å². The lowest BCUT2D eigenvalue weighted by molar-refractivity contribution is 0.188. The van der Waals surface area contributed by atoms with Crippen LogP contribution in [-0.2, 0) is 10.0 Å². The molecule has 0 bridgehead atoms. The van der Waals surface area contributed by atoms with Crippen molar-refractivity contribution in [3.8, 4) is 0 Å². The third-order valence-electron chi connectivity index (χ3n) is 4.79. The van der Waals surface area contributed by atoms with Crippen molar-refractivity contribution in [2.24, 2.45) is 0 Å². The zero-order chi connectivity index (χ0) is 17.9. The number of nitrogens with one attached hydrogen (secondary N) is 1. The number of piperazine rings is 1. The van der Waals surface area contributed by atoms with Crippen LogP contribution in [0.2, 0.25) is 0 Å². The molecule has 1 aliphatic heterocycles. The van der Waals surface area contributed by atoms with Gasteiger partial charge >= 0.3 is 0 Å². The minimum Gasteiger partial charge on any atom is -0.308 e. The average Bonchev–Trinajstić information content (AvgIpc) is 2.61. The first-order valence-electron chi connectivity index (χ1n) is 8.69. The van der Waals surface area contributed by atoms with Gasteiger partial charge in [-0.2, -0.15) is 4.31 Å². The summed E-state index contributed by atoms with van der Waals surface area (Å²) in [5.74, 6) is 0. The lowest BCUT2D eigenvalue weighted by Crippen LogP contribution is -2.49. The van der Waals surface area contributed by atoms with Gasteiger partial charge in [0, 0.05) is 56.9 Å². The molecule has 1 unspecified atom stereocenters. The van der Waals surface area contributed by atoms with E-state index in [0.29, 0.717) is 13.1 Å². The summed E-state index contributed by atoms with van der Waals surface area (Å²) in [6.45, 7) is 6.64. The summed E-state index contributed by atoms with van der Waals surface area (Å²) in [6, 6.07) is 10.5. The molecule has 3 rings (SSSR count). The first-order valence-corrected chi connectivity index (χ1v) is 10.5. The molecule has 0 spiro atoms. The van der Waals surface area contributed by atoms with Crippen LogP contribution in [0.25, 0.3) is 10.8 Å². The van der Waals surface area contributed by atoms with Gasteiger partial charge in [0.05, 0.1) is 11.9 Å². The third kappa shape index (κ3) is 4.55. The van der Waals surface area contributed by atoms with Crippen LogP contribution in [0.1, 0.15) is 18.7 Å². The van der Waals surface area contributed by atoms with Crippen LogP contribution >= 0.6 is 0 Å². The van der Waals surface area contributed by atoms with E-state index in [0.717, 1.165) is 31.9 Å². The molecule has 0 aliphatic carbocycles. The normalized spacial score (nSPS) is 18.5. The van der Waals surface area contributed by atoms with Gasteiger partial charge < -0.3 is 5.32 Å². The van der Waals surface area contributed by atoms with Gasteiger partial charge in [0.2, 0.25) is 10.0 Å². The second kappa shape index (κ2) is 7.78. The zero-order valence-corrected chi connectivity index (χ0v) is 15.7. The number of aromatic nitrogens is 1. The molecule has 0 radical (unpaired) electrons. The summed E-state index contributed by atoms with van der Waals surface area (Å²) in [4.78, 5) is 6.86. The van der Waals surface area contributed by atoms with Crippen LogP contribution in [0.5, 0.6) is 0 Å². The predicted octanol–water partition coefficient (Wildman–Crippen LogP) is 1.46. The molecule has 1 saturated heterocycles. The lowest BCUT2D eigenvalue weighted by atomic mass is 10.1. The number of pyridine rings is 1. The molecule has 1 aromatic carbocycles. The van der Waals surface area contributed by atoms with E-state index in [4.69, 9.17) is 0 Å². The van der Waals surface area contributed by atoms with Crippen molar-refractivity contribution >= 4 is 20.8 Å². The van der Waals surface area contributed by atoms with Crippen LogP contribution in [0, 0.1) is 0 Å². The molecule has 7 heteroatoms. The Kier molecular flexibility index (Phi) is 5.68. The number of hydrogen-bond donors (Lipinski definition) is 1. The second-order valence-corrected chi connectivity index (χ2v) is 8.58. The van der Waals surface area contributed by atoms with Gasteiger partial charge in [-0.15, -0.1) is 0 Å². The SMILES string of the molecule is CC(NCCN1CCN(S(C)(=O)=O)CC1)c1nccc2ccccc12. The summed E-state index contributed by atoms with van der Waals surface area (Å²) in [6.07, 6.45) is 3.14. The largest absolute Gasteiger partial charge is 0.308 e. The minimum atomic E-state index is -3.06. The highest BCUT2D eigenvalue weighted by Crippen LogP contribution is 2.21. The lowest BCUT2D eigenvalue weighted by Gasteiger charge is -2.33. The maximum absolute atomic E-state index is 11.5. The fourth-order valence-electron chi connectivity index (χ4n) is 3.31. The summed E-state index contributed by atoms with van der Waals surface area (Å²) < 4.78 is 24.7. The molecule has 0 amide bonds. The fraction of sp³-hybridized carbons (Fsp3) is 0.500. The molecule has 0 saturated carbocycles. The Hall–Kier alpha value is -1.54. The molecule has 25 heavy (non-hydrogen) atoms. The summed E-state index contributed by atoms with van der Waals surface area (Å²) >= 11 is 0. The molecular formula is C18H26N4O2S. The van der Waals surface area contributed by atoms with Crippen molar-refractivity contribution in [3.05, 3.63) is 42.2 Å². The third-order valence-corrected chi connectivity index (χ3v) is 6.10. The van der Waals surface area contributed by atoms with Crippen LogP contribution in [0.15, 0.2) is 36.5 Å². The van der Waals surface area contributed by atoms with Crippen LogP contribution in [0.4, 0.5) is 0 Å². The highest BCUT2D eigenvalue weighted by Gasteiger charge is 2.23. The van der Waals surface area contributed by atoms with Crippen LogP contribution < -0.4 is 5.32 Å². The molecule has 1 atom stereocenters. The predicted molar refractivity (Wildman–Crippen MR) is 101 cm³/mol. The maximum atomic E-state index is 11.5. The van der Waals surface area contributed by atoms with Gasteiger partial charge in [0.15, 0.2) is 0 Å². The first-order chi connectivity index (χ1) is 11.9. The number of benzene rings is 1. The standard InChI is InChI=1S/C18H26N4O2S/c1-15(18-17-6-4-3-5-16(17)7-8-20-18)19-9-10-21-11-13-22(14-12-21)25(2,23)24/h3-8,15,19H,9-14H2,1-2H3. The molecule has 1 aromatic heterocycles. The molecule has 1 fully saturated rings. The average molecular weight is 362 g/mol. The van der Waals surface area contributed by atoms with E-state index < -0.39 is 10.0 Å². The van der Waals surface area contributed by atoms with Gasteiger partial charge in [-0.1, -0.05) is 24.3 Å². The summed E-state index contributed by atoms with van der Waals surface area (Å²) in [5, 5.41) is 5.94. The topological polar surface area (TPSA) is 65.5 Å². The molecule has 2 aromatic rings. The van der Waals surface area contributed by atoms with E-state index in [1.165, 1.54) is 17.0 Å². The Morgan fingerprint density at radius 3 is 2.60 bits per heavy atom. The van der Waals surface area contributed by atoms with E-state index >= 15 is 0 Å². The van der Waals surface area contributed by atoms with Crippen molar-refractivity contribution in [2.45, 2.75) is 13.0 Å². The fourth-order valence-corrected chi connectivity index (χ4v) is 4.14. The quantitative estimate of drug-likeness (QED) is 0.843. The Morgan fingerprint density at radius 2 is 1.88 bits per heavy atom. The number of rotatable bonds is 6. The first kappa shape index (κ1) is 18.3. The smallest absolute Gasteiger partial charge is 0.211 e. The van der Waals surface area contributed by atoms with Crippen LogP contribution in [-0.4, -0.2) is 68.1 Å². The van der Waals surface area contributed by atoms with Gasteiger partial charge in [0.1, 0.15) is 0 Å². The van der Waals surface area contributed by atoms with E-state index in [2.05, 4.69) is 34.3 Å². The minimum absolute atomic E-state index is 0.170. The van der Waals surface area contributed by atoms with Crippen molar-refractivity contribution in [1.29, 1.82) is 0 Å². The molecule has 136 valence electrons. The molecule has 2 heterocycles. The van der Waals surface area contributed by atoms with E-state index in [9.17, 15) is 8.42 Å². The van der Waals surface area contributed by atoms with Crippen molar-refractivity contribution in [2.75, 3.05) is 45.5 Å². The van der Waals surface area contributed by atoms with E-state index in [1.54, 1.807) is 4.31 Å². The van der Waals surface area contributed by atoms with E-state index in [1.807, 2.05) is 24.4 Å². The Balaban J connectivity index is 1.51. The Labute approximate surface area is 149 Å². The molecule has 1 N–H and O–H groups in total. The summed E-state index contributed by atoms with van der Waals surface area (Å²) in [5.41, 5.74) is 1.07. The molecule has 1 aliphatic rings. The van der Waals surface area contributed by atoms with Gasteiger partial charge in [-0.3, -0.25) is 9.88 Å². The maximum Gasteiger partial charge on any atom is 0.211 e. The molecule has 6 nitrogen and oxygen atoms in total. The molecular weight excluding hydrogens is 336 g/mol. The number of nitrogens with zero attached hydrogens (tertiary/aromatic N) is 3. The zero-order valence-electron chi connectivity index (χ0n) is 14.9. The van der Waals surface area contributed by atoms with Gasteiger partial charge in [-0.25, -0.2) is 8.42 Å². The highest BCUT2D eigenvalue weighted by atomic mass is 32.2. The number of sulfonamides is 1. The highest BCUT2D eigenvalue weighted by molar-refractivity contribution is 7.88. The summed E-state index contributed by atoms with van der Waals surface area (Å²) in [7, 11) is -3.06. The van der Waals surface area contributed by atoms with Gasteiger partial charge in [-0.05, 0) is 18.4 Å². The van der Waals surface area contributed by atoms with Crippen molar-refractivity contribution < 1.29 is 8.42 Å². The second-order valence-electron chi connectivity index (χ2n) is 6.60. The Bertz CT molecular complexity index is 811. The number of hydrogen-bond acceptors (Lipinski definition) is 5. The van der Waals surface area contributed by atoms with Gasteiger partial charge in [0.25, 0.3) is 0 Å². The van der Waals surface area contributed by atoms with Crippen molar-refractivity contribution in [3.63, 3.8) is 0 Å². The van der Waals surface area contributed by atoms with Crippen molar-refractivity contribution in [1.82, 2.24) is 19.5 Å².